The Morgan fingerprint density at radius 2 is 1.96 bits per heavy atom. The molecule has 0 saturated carbocycles. The van der Waals surface area contributed by atoms with E-state index in [2.05, 4.69) is 15.0 Å². The third-order valence-corrected chi connectivity index (χ3v) is 4.29. The second-order valence-corrected chi connectivity index (χ2v) is 6.24. The number of rotatable bonds is 6. The summed E-state index contributed by atoms with van der Waals surface area (Å²) in [7, 11) is 1.82. The number of nitrogens with zero attached hydrogens (tertiary/aromatic N) is 4. The molecule has 2 aromatic heterocycles. The Bertz CT molecular complexity index is 653. The maximum absolute atomic E-state index is 12.3. The highest BCUT2D eigenvalue weighted by molar-refractivity contribution is 7.98. The fourth-order valence-electron chi connectivity index (χ4n) is 2.44. The van der Waals surface area contributed by atoms with E-state index in [-0.39, 0.29) is 5.91 Å². The molecule has 0 bridgehead atoms. The van der Waals surface area contributed by atoms with E-state index in [1.54, 1.807) is 17.3 Å². The van der Waals surface area contributed by atoms with Gasteiger partial charge in [0.25, 0.3) is 0 Å². The molecule has 0 saturated heterocycles. The van der Waals surface area contributed by atoms with Crippen LogP contribution in [0.4, 0.5) is 0 Å². The first kappa shape index (κ1) is 17.4. The standard InChI is InChI=1S/C17H22N4OS/c1-12-15(13(2)20-17(19-12)23-4)7-8-16(22)21(3)11-14-6-5-9-18-10-14/h5-6,9-10H,7-8,11H2,1-4H3. The Labute approximate surface area is 141 Å². The molecular weight excluding hydrogens is 308 g/mol. The van der Waals surface area contributed by atoms with Gasteiger partial charge >= 0.3 is 0 Å². The number of carbonyl (C=O) groups excluding carboxylic acids is 1. The van der Waals surface area contributed by atoms with Crippen LogP contribution in [0.2, 0.25) is 0 Å². The van der Waals surface area contributed by atoms with E-state index in [1.807, 2.05) is 39.3 Å². The van der Waals surface area contributed by atoms with Gasteiger partial charge in [0.15, 0.2) is 5.16 Å². The van der Waals surface area contributed by atoms with Crippen molar-refractivity contribution < 1.29 is 4.79 Å². The lowest BCUT2D eigenvalue weighted by atomic mass is 10.1. The maximum Gasteiger partial charge on any atom is 0.222 e. The minimum absolute atomic E-state index is 0.113. The van der Waals surface area contributed by atoms with Crippen molar-refractivity contribution in [1.29, 1.82) is 0 Å². The highest BCUT2D eigenvalue weighted by Crippen LogP contribution is 2.17. The molecule has 0 radical (unpaired) electrons. The minimum atomic E-state index is 0.113. The monoisotopic (exact) mass is 330 g/mol. The van der Waals surface area contributed by atoms with Crippen LogP contribution in [0.3, 0.4) is 0 Å². The van der Waals surface area contributed by atoms with Gasteiger partial charge in [0.2, 0.25) is 5.91 Å². The second kappa shape index (κ2) is 8.06. The Hall–Kier alpha value is -1.95. The molecule has 0 unspecified atom stereocenters. The average Bonchev–Trinajstić information content (AvgIpc) is 2.54. The van der Waals surface area contributed by atoms with Crippen molar-refractivity contribution in [3.05, 3.63) is 47.0 Å². The molecule has 0 spiro atoms. The minimum Gasteiger partial charge on any atom is -0.341 e. The predicted octanol–water partition coefficient (Wildman–Crippen LogP) is 2.80. The predicted molar refractivity (Wildman–Crippen MR) is 92.3 cm³/mol. The normalized spacial score (nSPS) is 10.6. The first-order chi connectivity index (χ1) is 11.0. The molecule has 0 aliphatic heterocycles. The molecule has 0 aliphatic carbocycles. The molecule has 6 heteroatoms. The Balaban J connectivity index is 1.96. The van der Waals surface area contributed by atoms with Gasteiger partial charge in [-0.25, -0.2) is 9.97 Å². The van der Waals surface area contributed by atoms with Gasteiger partial charge in [-0.05, 0) is 43.7 Å². The summed E-state index contributed by atoms with van der Waals surface area (Å²) in [6.07, 6.45) is 6.61. The van der Waals surface area contributed by atoms with E-state index in [9.17, 15) is 4.79 Å². The third kappa shape index (κ3) is 4.76. The summed E-state index contributed by atoms with van der Waals surface area (Å²) >= 11 is 1.53. The number of pyridine rings is 1. The number of hydrogen-bond donors (Lipinski definition) is 0. The van der Waals surface area contributed by atoms with Crippen LogP contribution in [0, 0.1) is 13.8 Å². The van der Waals surface area contributed by atoms with E-state index in [0.29, 0.717) is 19.4 Å². The highest BCUT2D eigenvalue weighted by atomic mass is 32.2. The van der Waals surface area contributed by atoms with E-state index in [4.69, 9.17) is 0 Å². The van der Waals surface area contributed by atoms with Crippen LogP contribution in [0.1, 0.15) is 28.9 Å². The van der Waals surface area contributed by atoms with Crippen LogP contribution in [-0.4, -0.2) is 39.1 Å². The van der Waals surface area contributed by atoms with Gasteiger partial charge in [0.05, 0.1) is 0 Å². The molecule has 23 heavy (non-hydrogen) atoms. The molecular formula is C17H22N4OS. The number of aromatic nitrogens is 3. The Morgan fingerprint density at radius 3 is 2.52 bits per heavy atom. The fourth-order valence-corrected chi connectivity index (χ4v) is 2.89. The summed E-state index contributed by atoms with van der Waals surface area (Å²) in [6, 6.07) is 3.85. The van der Waals surface area contributed by atoms with Crippen LogP contribution in [-0.2, 0) is 17.8 Å². The molecule has 2 heterocycles. The van der Waals surface area contributed by atoms with Crippen molar-refractivity contribution in [1.82, 2.24) is 19.9 Å². The first-order valence-corrected chi connectivity index (χ1v) is 8.74. The number of carbonyl (C=O) groups is 1. The lowest BCUT2D eigenvalue weighted by Crippen LogP contribution is -2.26. The summed E-state index contributed by atoms with van der Waals surface area (Å²) in [5.74, 6) is 0.113. The lowest BCUT2D eigenvalue weighted by Gasteiger charge is -2.17. The smallest absolute Gasteiger partial charge is 0.222 e. The van der Waals surface area contributed by atoms with Gasteiger partial charge in [-0.3, -0.25) is 9.78 Å². The van der Waals surface area contributed by atoms with Crippen LogP contribution >= 0.6 is 11.8 Å². The fraction of sp³-hybridized carbons (Fsp3) is 0.412. The molecule has 0 aliphatic rings. The molecule has 122 valence electrons. The van der Waals surface area contributed by atoms with Gasteiger partial charge in [-0.2, -0.15) is 0 Å². The topological polar surface area (TPSA) is 59.0 Å². The first-order valence-electron chi connectivity index (χ1n) is 7.52. The second-order valence-electron chi connectivity index (χ2n) is 5.47. The number of thioether (sulfide) groups is 1. The zero-order valence-corrected chi connectivity index (χ0v) is 14.9. The summed E-state index contributed by atoms with van der Waals surface area (Å²) in [5, 5.41) is 0.781. The van der Waals surface area contributed by atoms with Crippen molar-refractivity contribution >= 4 is 17.7 Å². The van der Waals surface area contributed by atoms with Crippen LogP contribution in [0.15, 0.2) is 29.7 Å². The summed E-state index contributed by atoms with van der Waals surface area (Å²) in [6.45, 7) is 4.54. The molecule has 0 aromatic carbocycles. The van der Waals surface area contributed by atoms with Crippen molar-refractivity contribution in [3.63, 3.8) is 0 Å². The van der Waals surface area contributed by atoms with Crippen LogP contribution in [0.5, 0.6) is 0 Å². The zero-order valence-electron chi connectivity index (χ0n) is 14.0. The van der Waals surface area contributed by atoms with E-state index >= 15 is 0 Å². The van der Waals surface area contributed by atoms with Gasteiger partial charge in [-0.15, -0.1) is 0 Å². The van der Waals surface area contributed by atoms with Gasteiger partial charge < -0.3 is 4.90 Å². The van der Waals surface area contributed by atoms with Gasteiger partial charge in [0, 0.05) is 43.8 Å². The van der Waals surface area contributed by atoms with Crippen molar-refractivity contribution in [2.45, 2.75) is 38.4 Å². The largest absolute Gasteiger partial charge is 0.341 e. The highest BCUT2D eigenvalue weighted by Gasteiger charge is 2.13. The van der Waals surface area contributed by atoms with Crippen molar-refractivity contribution in [2.75, 3.05) is 13.3 Å². The van der Waals surface area contributed by atoms with Crippen LogP contribution in [0.25, 0.3) is 0 Å². The van der Waals surface area contributed by atoms with Crippen molar-refractivity contribution in [2.24, 2.45) is 0 Å². The van der Waals surface area contributed by atoms with Crippen LogP contribution < -0.4 is 0 Å². The number of hydrogen-bond acceptors (Lipinski definition) is 5. The Kier molecular flexibility index (Phi) is 6.10. The summed E-state index contributed by atoms with van der Waals surface area (Å²) in [5.41, 5.74) is 4.03. The lowest BCUT2D eigenvalue weighted by molar-refractivity contribution is -0.130. The molecule has 0 atom stereocenters. The van der Waals surface area contributed by atoms with Crippen molar-refractivity contribution in [3.8, 4) is 0 Å². The van der Waals surface area contributed by atoms with E-state index in [0.717, 1.165) is 27.7 Å². The van der Waals surface area contributed by atoms with E-state index in [1.165, 1.54) is 11.8 Å². The summed E-state index contributed by atoms with van der Waals surface area (Å²) in [4.78, 5) is 27.1. The third-order valence-electron chi connectivity index (χ3n) is 3.74. The molecule has 2 aromatic rings. The summed E-state index contributed by atoms with van der Waals surface area (Å²) < 4.78 is 0. The zero-order chi connectivity index (χ0) is 16.8. The molecule has 5 nitrogen and oxygen atoms in total. The van der Waals surface area contributed by atoms with Gasteiger partial charge in [0.1, 0.15) is 0 Å². The average molecular weight is 330 g/mol. The molecule has 0 N–H and O–H groups in total. The molecule has 1 amide bonds. The van der Waals surface area contributed by atoms with Gasteiger partial charge in [-0.1, -0.05) is 17.8 Å². The number of amides is 1. The molecule has 2 rings (SSSR count). The Morgan fingerprint density at radius 1 is 1.26 bits per heavy atom. The quantitative estimate of drug-likeness (QED) is 0.602. The number of aryl methyl sites for hydroxylation is 2. The molecule has 0 fully saturated rings. The van der Waals surface area contributed by atoms with E-state index < -0.39 is 0 Å². The maximum atomic E-state index is 12.3. The SMILES string of the molecule is CSc1nc(C)c(CCC(=O)N(C)Cc2cccnc2)c(C)n1.